The van der Waals surface area contributed by atoms with Crippen LogP contribution in [-0.2, 0) is 9.47 Å². The number of anilines is 2. The van der Waals surface area contributed by atoms with Crippen LogP contribution in [0.5, 0.6) is 0 Å². The molecule has 0 unspecified atom stereocenters. The van der Waals surface area contributed by atoms with Crippen molar-refractivity contribution in [2.45, 2.75) is 20.8 Å². The van der Waals surface area contributed by atoms with Crippen molar-refractivity contribution in [3.63, 3.8) is 0 Å². The van der Waals surface area contributed by atoms with Gasteiger partial charge in [-0.05, 0) is 62.8 Å². The van der Waals surface area contributed by atoms with Crippen molar-refractivity contribution in [2.24, 2.45) is 0 Å². The monoisotopic (exact) mass is 468 g/mol. The summed E-state index contributed by atoms with van der Waals surface area (Å²) in [7, 11) is 0. The summed E-state index contributed by atoms with van der Waals surface area (Å²) >= 11 is 6.90. The molecule has 0 fully saturated rings. The summed E-state index contributed by atoms with van der Waals surface area (Å²) in [6.07, 6.45) is 0. The molecule has 0 aliphatic rings. The van der Waals surface area contributed by atoms with Crippen molar-refractivity contribution in [2.75, 3.05) is 23.8 Å². The smallest absolute Gasteiger partial charge is 0.341 e. The third-order valence-corrected chi connectivity index (χ3v) is 5.73. The average Bonchev–Trinajstić information content (AvgIpc) is 3.10. The Morgan fingerprint density at radius 3 is 2.16 bits per heavy atom. The fraction of sp³-hybridized carbons (Fsp3) is 0.208. The van der Waals surface area contributed by atoms with Gasteiger partial charge in [0.25, 0.3) is 0 Å². The van der Waals surface area contributed by atoms with E-state index in [1.807, 2.05) is 37.3 Å². The number of hydrogen-bond acceptors (Lipinski definition) is 6. The first-order chi connectivity index (χ1) is 15.4. The first kappa shape index (κ1) is 23.4. The van der Waals surface area contributed by atoms with Gasteiger partial charge in [0.1, 0.15) is 10.6 Å². The van der Waals surface area contributed by atoms with E-state index < -0.39 is 5.97 Å². The van der Waals surface area contributed by atoms with E-state index in [1.165, 1.54) is 11.3 Å². The Morgan fingerprint density at radius 2 is 1.53 bits per heavy atom. The van der Waals surface area contributed by atoms with Gasteiger partial charge in [-0.2, -0.15) is 0 Å². The largest absolute Gasteiger partial charge is 0.462 e. The molecule has 0 spiro atoms. The maximum atomic E-state index is 12.8. The second-order valence-electron chi connectivity index (χ2n) is 6.70. The minimum absolute atomic E-state index is 0.275. The molecule has 0 amide bonds. The van der Waals surface area contributed by atoms with Gasteiger partial charge in [0.05, 0.1) is 18.8 Å². The molecule has 3 rings (SSSR count). The highest BCUT2D eigenvalue weighted by Gasteiger charge is 2.25. The second-order valence-corrected chi connectivity index (χ2v) is 8.33. The first-order valence-electron chi connectivity index (χ1n) is 10.2. The van der Waals surface area contributed by atoms with Gasteiger partial charge in [0.15, 0.2) is 5.11 Å². The summed E-state index contributed by atoms with van der Waals surface area (Å²) in [5.41, 5.74) is 3.39. The number of aryl methyl sites for hydroxylation is 1. The quantitative estimate of drug-likeness (QED) is 0.331. The Balaban J connectivity index is 1.83. The lowest BCUT2D eigenvalue weighted by Gasteiger charge is -2.12. The van der Waals surface area contributed by atoms with Crippen molar-refractivity contribution in [1.29, 1.82) is 0 Å². The van der Waals surface area contributed by atoms with Gasteiger partial charge < -0.3 is 20.1 Å². The zero-order chi connectivity index (χ0) is 23.1. The van der Waals surface area contributed by atoms with Gasteiger partial charge in [0, 0.05) is 16.1 Å². The maximum Gasteiger partial charge on any atom is 0.341 e. The number of hydrogen-bond donors (Lipinski definition) is 2. The Kier molecular flexibility index (Phi) is 7.97. The standard InChI is InChI=1S/C24H24N2O4S2/c1-4-29-22(27)17-11-13-18(14-12-17)25-24(31)26-21-20(23(28)30-5-2)19(15(3)32-21)16-9-7-6-8-10-16/h6-14H,4-5H2,1-3H3,(H2,25,26,31). The molecule has 1 aromatic heterocycles. The average molecular weight is 469 g/mol. The molecular formula is C24H24N2O4S2. The van der Waals surface area contributed by atoms with Crippen molar-refractivity contribution in [3.05, 3.63) is 70.6 Å². The lowest BCUT2D eigenvalue weighted by Crippen LogP contribution is -2.20. The van der Waals surface area contributed by atoms with E-state index in [4.69, 9.17) is 21.7 Å². The molecule has 1 heterocycles. The predicted octanol–water partition coefficient (Wildman–Crippen LogP) is 5.89. The van der Waals surface area contributed by atoms with E-state index in [9.17, 15) is 9.59 Å². The molecule has 2 aromatic carbocycles. The highest BCUT2D eigenvalue weighted by Crippen LogP contribution is 2.40. The van der Waals surface area contributed by atoms with Crippen LogP contribution < -0.4 is 10.6 Å². The van der Waals surface area contributed by atoms with Crippen LogP contribution >= 0.6 is 23.6 Å². The normalized spacial score (nSPS) is 10.3. The summed E-state index contributed by atoms with van der Waals surface area (Å²) < 4.78 is 10.3. The van der Waals surface area contributed by atoms with E-state index in [0.29, 0.717) is 33.5 Å². The molecule has 3 aromatic rings. The Labute approximate surface area is 196 Å². The fourth-order valence-corrected chi connectivity index (χ4v) is 4.51. The maximum absolute atomic E-state index is 12.8. The highest BCUT2D eigenvalue weighted by molar-refractivity contribution is 7.80. The minimum atomic E-state index is -0.403. The predicted molar refractivity (Wildman–Crippen MR) is 133 cm³/mol. The molecule has 0 radical (unpaired) electrons. The van der Waals surface area contributed by atoms with Crippen LogP contribution in [0.4, 0.5) is 10.7 Å². The number of ether oxygens (including phenoxy) is 2. The van der Waals surface area contributed by atoms with E-state index >= 15 is 0 Å². The molecule has 8 heteroatoms. The highest BCUT2D eigenvalue weighted by atomic mass is 32.1. The third kappa shape index (κ3) is 5.52. The minimum Gasteiger partial charge on any atom is -0.462 e. The summed E-state index contributed by atoms with van der Waals surface area (Å²) in [4.78, 5) is 25.6. The number of thiophene rings is 1. The second kappa shape index (κ2) is 10.9. The van der Waals surface area contributed by atoms with Gasteiger partial charge in [0.2, 0.25) is 0 Å². The number of esters is 2. The fourth-order valence-electron chi connectivity index (χ4n) is 3.15. The van der Waals surface area contributed by atoms with Crippen LogP contribution in [0, 0.1) is 6.92 Å². The number of carbonyl (C=O) groups excluding carboxylic acids is 2. The van der Waals surface area contributed by atoms with Crippen molar-refractivity contribution in [1.82, 2.24) is 0 Å². The van der Waals surface area contributed by atoms with E-state index in [1.54, 1.807) is 38.1 Å². The van der Waals surface area contributed by atoms with E-state index in [0.717, 1.165) is 16.0 Å². The molecule has 0 aliphatic heterocycles. The molecule has 0 saturated heterocycles. The number of thiocarbonyl (C=S) groups is 1. The van der Waals surface area contributed by atoms with Crippen LogP contribution in [0.3, 0.4) is 0 Å². The molecule has 0 atom stereocenters. The van der Waals surface area contributed by atoms with Crippen molar-refractivity contribution < 1.29 is 19.1 Å². The number of benzene rings is 2. The molecule has 6 nitrogen and oxygen atoms in total. The van der Waals surface area contributed by atoms with Crippen LogP contribution in [0.25, 0.3) is 11.1 Å². The van der Waals surface area contributed by atoms with E-state index in [-0.39, 0.29) is 12.6 Å². The summed E-state index contributed by atoms with van der Waals surface area (Å²) in [5.74, 6) is -0.777. The Bertz CT molecular complexity index is 1110. The lowest BCUT2D eigenvalue weighted by atomic mass is 10.0. The molecule has 0 aliphatic carbocycles. The molecular weight excluding hydrogens is 444 g/mol. The van der Waals surface area contributed by atoms with Crippen LogP contribution in [0.15, 0.2) is 54.6 Å². The summed E-state index contributed by atoms with van der Waals surface area (Å²) in [6, 6.07) is 16.5. The van der Waals surface area contributed by atoms with Gasteiger partial charge >= 0.3 is 11.9 Å². The molecule has 0 bridgehead atoms. The van der Waals surface area contributed by atoms with Crippen molar-refractivity contribution >= 4 is 51.3 Å². The van der Waals surface area contributed by atoms with Gasteiger partial charge in [-0.25, -0.2) is 9.59 Å². The van der Waals surface area contributed by atoms with Crippen LogP contribution in [-0.4, -0.2) is 30.3 Å². The molecule has 2 N–H and O–H groups in total. The summed E-state index contributed by atoms with van der Waals surface area (Å²) in [6.45, 7) is 6.10. The lowest BCUT2D eigenvalue weighted by molar-refractivity contribution is 0.0518. The van der Waals surface area contributed by atoms with Crippen LogP contribution in [0.1, 0.15) is 39.4 Å². The number of rotatable bonds is 7. The molecule has 166 valence electrons. The number of carbonyl (C=O) groups is 2. The van der Waals surface area contributed by atoms with E-state index in [2.05, 4.69) is 10.6 Å². The van der Waals surface area contributed by atoms with Crippen LogP contribution in [0.2, 0.25) is 0 Å². The zero-order valence-corrected chi connectivity index (χ0v) is 19.7. The number of nitrogens with one attached hydrogen (secondary N) is 2. The first-order valence-corrected chi connectivity index (χ1v) is 11.4. The third-order valence-electron chi connectivity index (χ3n) is 4.51. The molecule has 32 heavy (non-hydrogen) atoms. The summed E-state index contributed by atoms with van der Waals surface area (Å²) in [5, 5.41) is 7.14. The van der Waals surface area contributed by atoms with Gasteiger partial charge in [-0.3, -0.25) is 0 Å². The Hall–Kier alpha value is -3.23. The van der Waals surface area contributed by atoms with Gasteiger partial charge in [-0.1, -0.05) is 30.3 Å². The molecule has 0 saturated carbocycles. The topological polar surface area (TPSA) is 76.7 Å². The Morgan fingerprint density at radius 1 is 0.906 bits per heavy atom. The SMILES string of the molecule is CCOC(=O)c1ccc(NC(=S)Nc2sc(C)c(-c3ccccc3)c2C(=O)OCC)cc1. The van der Waals surface area contributed by atoms with Crippen molar-refractivity contribution in [3.8, 4) is 11.1 Å². The zero-order valence-electron chi connectivity index (χ0n) is 18.1. The van der Waals surface area contributed by atoms with Gasteiger partial charge in [-0.15, -0.1) is 11.3 Å².